The molecule has 20 heavy (non-hydrogen) atoms. The van der Waals surface area contributed by atoms with Crippen molar-refractivity contribution in [2.45, 2.75) is 26.2 Å². The van der Waals surface area contributed by atoms with E-state index in [0.717, 1.165) is 23.1 Å². The second-order valence-corrected chi connectivity index (χ2v) is 5.23. The third kappa shape index (κ3) is 3.70. The number of nitrogens with zero attached hydrogens (tertiary/aromatic N) is 2. The Bertz CT molecular complexity index is 590. The summed E-state index contributed by atoms with van der Waals surface area (Å²) in [5, 5.41) is 13.5. The number of carboxylic acid groups (broad SMARTS) is 1. The van der Waals surface area contributed by atoms with Crippen LogP contribution in [0.2, 0.25) is 0 Å². The molecule has 0 saturated carbocycles. The Morgan fingerprint density at radius 3 is 2.75 bits per heavy atom. The minimum Gasteiger partial charge on any atom is -0.481 e. The number of rotatable bonds is 6. The van der Waals surface area contributed by atoms with Crippen molar-refractivity contribution in [3.05, 3.63) is 53.3 Å². The first-order valence-corrected chi connectivity index (χ1v) is 6.81. The van der Waals surface area contributed by atoms with Gasteiger partial charge < -0.3 is 5.11 Å². The zero-order valence-electron chi connectivity index (χ0n) is 11.9. The van der Waals surface area contributed by atoms with Crippen molar-refractivity contribution in [3.63, 3.8) is 0 Å². The summed E-state index contributed by atoms with van der Waals surface area (Å²) in [4.78, 5) is 11.4. The Hall–Kier alpha value is -2.10. The number of carbonyl (C=O) groups is 1. The van der Waals surface area contributed by atoms with Crippen molar-refractivity contribution in [2.75, 3.05) is 0 Å². The van der Waals surface area contributed by atoms with E-state index in [1.807, 2.05) is 44.4 Å². The minimum atomic E-state index is -0.725. The van der Waals surface area contributed by atoms with E-state index in [1.165, 1.54) is 0 Å². The molecule has 106 valence electrons. The van der Waals surface area contributed by atoms with Crippen molar-refractivity contribution in [1.29, 1.82) is 0 Å². The van der Waals surface area contributed by atoms with Crippen LogP contribution >= 0.6 is 0 Å². The highest BCUT2D eigenvalue weighted by atomic mass is 16.4. The Labute approximate surface area is 119 Å². The van der Waals surface area contributed by atoms with Crippen LogP contribution in [0.15, 0.2) is 36.7 Å². The van der Waals surface area contributed by atoms with E-state index in [2.05, 4.69) is 5.10 Å². The lowest BCUT2D eigenvalue weighted by molar-refractivity contribution is -0.141. The van der Waals surface area contributed by atoms with E-state index in [0.29, 0.717) is 12.8 Å². The van der Waals surface area contributed by atoms with E-state index < -0.39 is 5.97 Å². The number of hydrogen-bond acceptors (Lipinski definition) is 2. The van der Waals surface area contributed by atoms with Gasteiger partial charge in [-0.3, -0.25) is 9.48 Å². The highest BCUT2D eigenvalue weighted by Gasteiger charge is 2.18. The molecule has 0 radical (unpaired) electrons. The van der Waals surface area contributed by atoms with Crippen LogP contribution < -0.4 is 0 Å². The molecule has 0 amide bonds. The molecule has 0 fully saturated rings. The fourth-order valence-corrected chi connectivity index (χ4v) is 2.36. The summed E-state index contributed by atoms with van der Waals surface area (Å²) in [6, 6.07) is 7.97. The predicted octanol–water partition coefficient (Wildman–Crippen LogP) is 2.60. The maximum Gasteiger partial charge on any atom is 0.306 e. The van der Waals surface area contributed by atoms with Gasteiger partial charge in [-0.25, -0.2) is 0 Å². The summed E-state index contributed by atoms with van der Waals surface area (Å²) >= 11 is 0. The van der Waals surface area contributed by atoms with Crippen molar-refractivity contribution < 1.29 is 9.90 Å². The smallest absolute Gasteiger partial charge is 0.306 e. The lowest BCUT2D eigenvalue weighted by Gasteiger charge is -2.13. The first kappa shape index (κ1) is 14.3. The first-order valence-electron chi connectivity index (χ1n) is 6.81. The zero-order valence-corrected chi connectivity index (χ0v) is 11.9. The monoisotopic (exact) mass is 272 g/mol. The van der Waals surface area contributed by atoms with Crippen LogP contribution in [-0.4, -0.2) is 20.9 Å². The van der Waals surface area contributed by atoms with E-state index in [-0.39, 0.29) is 5.92 Å². The summed E-state index contributed by atoms with van der Waals surface area (Å²) in [5.74, 6) is -1.08. The summed E-state index contributed by atoms with van der Waals surface area (Å²) < 4.78 is 1.74. The number of carboxylic acids is 1. The molecule has 1 aromatic heterocycles. The van der Waals surface area contributed by atoms with E-state index in [9.17, 15) is 9.90 Å². The molecule has 0 saturated heterocycles. The van der Waals surface area contributed by atoms with E-state index in [4.69, 9.17) is 0 Å². The van der Waals surface area contributed by atoms with Gasteiger partial charge in [0, 0.05) is 13.2 Å². The molecular weight excluding hydrogens is 252 g/mol. The molecule has 0 spiro atoms. The van der Waals surface area contributed by atoms with Crippen molar-refractivity contribution in [1.82, 2.24) is 9.78 Å². The van der Waals surface area contributed by atoms with Crippen LogP contribution in [0.3, 0.4) is 0 Å². The van der Waals surface area contributed by atoms with Crippen molar-refractivity contribution >= 4 is 5.97 Å². The predicted molar refractivity (Wildman–Crippen MR) is 77.5 cm³/mol. The van der Waals surface area contributed by atoms with Gasteiger partial charge in [-0.15, -0.1) is 0 Å². The highest BCUT2D eigenvalue weighted by Crippen LogP contribution is 2.18. The van der Waals surface area contributed by atoms with Gasteiger partial charge in [-0.05, 0) is 42.9 Å². The third-order valence-electron chi connectivity index (χ3n) is 3.62. The lowest BCUT2D eigenvalue weighted by Crippen LogP contribution is -2.17. The number of aryl methyl sites for hydroxylation is 3. The van der Waals surface area contributed by atoms with Gasteiger partial charge in [-0.1, -0.05) is 24.3 Å². The molecule has 0 aliphatic heterocycles. The molecule has 2 aromatic rings. The highest BCUT2D eigenvalue weighted by molar-refractivity contribution is 5.70. The maximum absolute atomic E-state index is 11.4. The Kier molecular flexibility index (Phi) is 4.56. The molecule has 4 heteroatoms. The van der Waals surface area contributed by atoms with Gasteiger partial charge in [0.1, 0.15) is 0 Å². The SMILES string of the molecule is Cc1ccccc1CC(CCc1cnn(C)c1)C(=O)O. The fourth-order valence-electron chi connectivity index (χ4n) is 2.36. The largest absolute Gasteiger partial charge is 0.481 e. The Balaban J connectivity index is 2.01. The Morgan fingerprint density at radius 2 is 2.15 bits per heavy atom. The average molecular weight is 272 g/mol. The van der Waals surface area contributed by atoms with Crippen LogP contribution in [0.25, 0.3) is 0 Å². The molecular formula is C16H20N2O2. The van der Waals surface area contributed by atoms with E-state index in [1.54, 1.807) is 10.9 Å². The number of benzene rings is 1. The zero-order chi connectivity index (χ0) is 14.5. The summed E-state index contributed by atoms with van der Waals surface area (Å²) in [7, 11) is 1.87. The summed E-state index contributed by atoms with van der Waals surface area (Å²) in [6.45, 7) is 2.02. The normalized spacial score (nSPS) is 12.3. The molecule has 1 N–H and O–H groups in total. The van der Waals surface area contributed by atoms with Crippen molar-refractivity contribution in [2.24, 2.45) is 13.0 Å². The second-order valence-electron chi connectivity index (χ2n) is 5.23. The molecule has 2 rings (SSSR count). The molecule has 0 aliphatic rings. The van der Waals surface area contributed by atoms with Crippen LogP contribution in [0.4, 0.5) is 0 Å². The van der Waals surface area contributed by atoms with Crippen LogP contribution in [0.1, 0.15) is 23.1 Å². The summed E-state index contributed by atoms with van der Waals surface area (Å²) in [6.07, 6.45) is 5.70. The standard InChI is InChI=1S/C16H20N2O2/c1-12-5-3-4-6-14(12)9-15(16(19)20)8-7-13-10-17-18(2)11-13/h3-6,10-11,15H,7-9H2,1-2H3,(H,19,20). The Morgan fingerprint density at radius 1 is 1.40 bits per heavy atom. The number of aromatic nitrogens is 2. The topological polar surface area (TPSA) is 55.1 Å². The van der Waals surface area contributed by atoms with E-state index >= 15 is 0 Å². The number of aliphatic carboxylic acids is 1. The molecule has 1 unspecified atom stereocenters. The maximum atomic E-state index is 11.4. The van der Waals surface area contributed by atoms with Crippen LogP contribution in [-0.2, 0) is 24.7 Å². The number of hydrogen-bond donors (Lipinski definition) is 1. The quantitative estimate of drug-likeness (QED) is 0.879. The van der Waals surface area contributed by atoms with Crippen molar-refractivity contribution in [3.8, 4) is 0 Å². The molecule has 1 aromatic carbocycles. The van der Waals surface area contributed by atoms with Gasteiger partial charge in [0.25, 0.3) is 0 Å². The molecule has 0 bridgehead atoms. The van der Waals surface area contributed by atoms with Gasteiger partial charge in [0.15, 0.2) is 0 Å². The molecule has 0 aliphatic carbocycles. The lowest BCUT2D eigenvalue weighted by atomic mass is 9.92. The second kappa shape index (κ2) is 6.37. The van der Waals surface area contributed by atoms with Gasteiger partial charge in [0.2, 0.25) is 0 Å². The average Bonchev–Trinajstić information content (AvgIpc) is 2.82. The third-order valence-corrected chi connectivity index (χ3v) is 3.62. The molecule has 1 heterocycles. The van der Waals surface area contributed by atoms with Gasteiger partial charge in [-0.2, -0.15) is 5.10 Å². The van der Waals surface area contributed by atoms with Gasteiger partial charge >= 0.3 is 5.97 Å². The summed E-state index contributed by atoms with van der Waals surface area (Å²) in [5.41, 5.74) is 3.36. The first-order chi connectivity index (χ1) is 9.56. The minimum absolute atomic E-state index is 0.351. The van der Waals surface area contributed by atoms with Gasteiger partial charge in [0.05, 0.1) is 12.1 Å². The van der Waals surface area contributed by atoms with Crippen LogP contribution in [0, 0.1) is 12.8 Å². The van der Waals surface area contributed by atoms with Crippen LogP contribution in [0.5, 0.6) is 0 Å². The molecule has 1 atom stereocenters. The fraction of sp³-hybridized carbons (Fsp3) is 0.375. The molecule has 4 nitrogen and oxygen atoms in total.